The van der Waals surface area contributed by atoms with Gasteiger partial charge in [-0.3, -0.25) is 14.5 Å². The number of piperidine rings is 1. The molecule has 2 aliphatic rings. The van der Waals surface area contributed by atoms with Crippen molar-refractivity contribution < 1.29 is 14.2 Å². The molecule has 2 amide bonds. The first-order valence-electron chi connectivity index (χ1n) is 10.2. The van der Waals surface area contributed by atoms with Gasteiger partial charge in [-0.05, 0) is 63.2 Å². The number of aryl methyl sites for hydroxylation is 1. The minimum atomic E-state index is -0.109. The number of carbonyl (C=O) groups is 2. The summed E-state index contributed by atoms with van der Waals surface area (Å²) in [5.74, 6) is 0.540. The molecule has 1 aromatic rings. The molecule has 0 spiro atoms. The van der Waals surface area contributed by atoms with Gasteiger partial charge in [-0.25, -0.2) is 4.63 Å². The summed E-state index contributed by atoms with van der Waals surface area (Å²) in [5, 5.41) is 10.5. The van der Waals surface area contributed by atoms with Gasteiger partial charge in [0.2, 0.25) is 5.91 Å². The Balaban J connectivity index is 1.34. The predicted molar refractivity (Wildman–Crippen MR) is 100 cm³/mol. The fourth-order valence-electron chi connectivity index (χ4n) is 4.20. The highest BCUT2D eigenvalue weighted by Gasteiger charge is 2.27. The predicted octanol–water partition coefficient (Wildman–Crippen LogP) is 1.61. The van der Waals surface area contributed by atoms with E-state index in [1.165, 1.54) is 12.8 Å². The molecular weight excluding hydrogens is 346 g/mol. The van der Waals surface area contributed by atoms with Gasteiger partial charge in [0.1, 0.15) is 5.69 Å². The van der Waals surface area contributed by atoms with Gasteiger partial charge in [0.05, 0.1) is 0 Å². The normalized spacial score (nSPS) is 21.6. The summed E-state index contributed by atoms with van der Waals surface area (Å²) in [6.45, 7) is 8.28. The van der Waals surface area contributed by atoms with E-state index in [0.717, 1.165) is 38.9 Å². The van der Waals surface area contributed by atoms with Crippen LogP contribution < -0.4 is 5.32 Å². The van der Waals surface area contributed by atoms with Crippen molar-refractivity contribution in [1.82, 2.24) is 25.4 Å². The average molecular weight is 377 g/mol. The number of likely N-dealkylation sites (N-methyl/N-ethyl adjacent to an activating group) is 1. The minimum absolute atomic E-state index is 0.109. The van der Waals surface area contributed by atoms with Gasteiger partial charge < -0.3 is 10.2 Å². The molecule has 27 heavy (non-hydrogen) atoms. The first-order chi connectivity index (χ1) is 13.1. The Labute approximate surface area is 160 Å². The fraction of sp³-hybridized carbons (Fsp3) is 0.789. The lowest BCUT2D eigenvalue weighted by Crippen LogP contribution is -2.40. The molecule has 2 fully saturated rings. The van der Waals surface area contributed by atoms with Crippen LogP contribution in [0.25, 0.3) is 0 Å². The second kappa shape index (κ2) is 9.30. The van der Waals surface area contributed by atoms with Gasteiger partial charge in [-0.1, -0.05) is 12.1 Å². The zero-order valence-corrected chi connectivity index (χ0v) is 16.4. The molecular formula is C19H31N5O3. The van der Waals surface area contributed by atoms with Gasteiger partial charge in [0.25, 0.3) is 5.91 Å². The van der Waals surface area contributed by atoms with Crippen molar-refractivity contribution in [1.29, 1.82) is 0 Å². The number of nitrogens with one attached hydrogen (secondary N) is 1. The summed E-state index contributed by atoms with van der Waals surface area (Å²) in [5.41, 5.74) is 0.837. The molecule has 8 nitrogen and oxygen atoms in total. The van der Waals surface area contributed by atoms with Crippen molar-refractivity contribution in [3.63, 3.8) is 0 Å². The monoisotopic (exact) mass is 377 g/mol. The molecule has 2 aliphatic heterocycles. The van der Waals surface area contributed by atoms with Crippen molar-refractivity contribution >= 4 is 11.8 Å². The maximum absolute atomic E-state index is 12.4. The van der Waals surface area contributed by atoms with Gasteiger partial charge in [0.15, 0.2) is 5.69 Å². The second-order valence-electron chi connectivity index (χ2n) is 7.70. The molecule has 3 heterocycles. The van der Waals surface area contributed by atoms with Gasteiger partial charge in [0, 0.05) is 32.1 Å². The fourth-order valence-corrected chi connectivity index (χ4v) is 4.20. The van der Waals surface area contributed by atoms with E-state index in [-0.39, 0.29) is 11.8 Å². The van der Waals surface area contributed by atoms with Gasteiger partial charge in [-0.2, -0.15) is 0 Å². The van der Waals surface area contributed by atoms with Crippen molar-refractivity contribution in [2.45, 2.75) is 58.4 Å². The minimum Gasteiger partial charge on any atom is -0.355 e. The lowest BCUT2D eigenvalue weighted by Gasteiger charge is -2.31. The summed E-state index contributed by atoms with van der Waals surface area (Å²) in [6, 6.07) is 0.502. The van der Waals surface area contributed by atoms with E-state index < -0.39 is 0 Å². The molecule has 0 radical (unpaired) electrons. The van der Waals surface area contributed by atoms with E-state index in [4.69, 9.17) is 0 Å². The quantitative estimate of drug-likeness (QED) is 0.776. The molecule has 1 N–H and O–H groups in total. The lowest BCUT2D eigenvalue weighted by atomic mass is 9.92. The first-order valence-corrected chi connectivity index (χ1v) is 10.2. The maximum Gasteiger partial charge on any atom is 0.278 e. The highest BCUT2D eigenvalue weighted by molar-refractivity contribution is 5.93. The zero-order chi connectivity index (χ0) is 19.2. The number of hydrogen-bond donors (Lipinski definition) is 1. The first kappa shape index (κ1) is 19.8. The number of aromatic nitrogens is 2. The molecule has 0 aromatic carbocycles. The van der Waals surface area contributed by atoms with Crippen LogP contribution in [-0.2, 0) is 4.79 Å². The third kappa shape index (κ3) is 5.06. The van der Waals surface area contributed by atoms with E-state index in [1.54, 1.807) is 6.92 Å². The molecule has 150 valence electrons. The standard InChI is InChI=1S/C19H31N5O3/c1-3-23-10-4-5-16(23)13-20-17(25)7-6-15-8-11-24(12-9-15)19(26)18-14(2)21-27-22-18/h15-16H,3-13H2,1-2H3,(H,20,25)/t16-/m1/s1. The molecule has 1 aromatic heterocycles. The van der Waals surface area contributed by atoms with E-state index in [1.807, 2.05) is 4.90 Å². The average Bonchev–Trinajstić information content (AvgIpc) is 3.32. The summed E-state index contributed by atoms with van der Waals surface area (Å²) in [6.07, 6.45) is 5.73. The number of likely N-dealkylation sites (tertiary alicyclic amines) is 2. The van der Waals surface area contributed by atoms with Crippen LogP contribution in [0.1, 0.15) is 61.6 Å². The zero-order valence-electron chi connectivity index (χ0n) is 16.4. The highest BCUT2D eigenvalue weighted by atomic mass is 16.6. The van der Waals surface area contributed by atoms with E-state index in [9.17, 15) is 9.59 Å². The molecule has 8 heteroatoms. The highest BCUT2D eigenvalue weighted by Crippen LogP contribution is 2.23. The molecule has 2 saturated heterocycles. The van der Waals surface area contributed by atoms with Crippen LogP contribution in [0.4, 0.5) is 0 Å². The third-order valence-electron chi connectivity index (χ3n) is 5.98. The number of hydrogen-bond acceptors (Lipinski definition) is 6. The van der Waals surface area contributed by atoms with Crippen LogP contribution in [0.15, 0.2) is 4.63 Å². The SMILES string of the molecule is CCN1CCC[C@@H]1CNC(=O)CCC1CCN(C(=O)c2nonc2C)CC1. The van der Waals surface area contributed by atoms with Crippen molar-refractivity contribution in [2.75, 3.05) is 32.7 Å². The maximum atomic E-state index is 12.4. The Hall–Kier alpha value is -1.96. The van der Waals surface area contributed by atoms with Gasteiger partial charge in [-0.15, -0.1) is 0 Å². The lowest BCUT2D eigenvalue weighted by molar-refractivity contribution is -0.121. The van der Waals surface area contributed by atoms with Crippen LogP contribution in [0.3, 0.4) is 0 Å². The van der Waals surface area contributed by atoms with Crippen LogP contribution >= 0.6 is 0 Å². The molecule has 0 bridgehead atoms. The number of nitrogens with zero attached hydrogens (tertiary/aromatic N) is 4. The Kier molecular flexibility index (Phi) is 6.82. The topological polar surface area (TPSA) is 91.6 Å². The van der Waals surface area contributed by atoms with Crippen LogP contribution in [0.5, 0.6) is 0 Å². The third-order valence-corrected chi connectivity index (χ3v) is 5.98. The van der Waals surface area contributed by atoms with Gasteiger partial charge >= 0.3 is 0 Å². The van der Waals surface area contributed by atoms with Crippen molar-refractivity contribution in [3.8, 4) is 0 Å². The Morgan fingerprint density at radius 3 is 2.63 bits per heavy atom. The van der Waals surface area contributed by atoms with Crippen molar-refractivity contribution in [2.24, 2.45) is 5.92 Å². The molecule has 0 aliphatic carbocycles. The summed E-state index contributed by atoms with van der Waals surface area (Å²) >= 11 is 0. The summed E-state index contributed by atoms with van der Waals surface area (Å²) in [7, 11) is 0. The van der Waals surface area contributed by atoms with E-state index in [0.29, 0.717) is 42.9 Å². The Morgan fingerprint density at radius 1 is 1.19 bits per heavy atom. The number of carbonyl (C=O) groups excluding carboxylic acids is 2. The van der Waals surface area contributed by atoms with Crippen LogP contribution in [-0.4, -0.2) is 70.7 Å². The number of rotatable bonds is 7. The molecule has 1 atom stereocenters. The number of amides is 2. The molecule has 3 rings (SSSR count). The summed E-state index contributed by atoms with van der Waals surface area (Å²) in [4.78, 5) is 28.8. The smallest absolute Gasteiger partial charge is 0.278 e. The second-order valence-corrected chi connectivity index (χ2v) is 7.70. The molecule has 0 saturated carbocycles. The van der Waals surface area contributed by atoms with E-state index >= 15 is 0 Å². The van der Waals surface area contributed by atoms with E-state index in [2.05, 4.69) is 32.1 Å². The summed E-state index contributed by atoms with van der Waals surface area (Å²) < 4.78 is 4.62. The van der Waals surface area contributed by atoms with Crippen LogP contribution in [0.2, 0.25) is 0 Å². The van der Waals surface area contributed by atoms with Crippen LogP contribution in [0, 0.1) is 12.8 Å². The van der Waals surface area contributed by atoms with Crippen molar-refractivity contribution in [3.05, 3.63) is 11.4 Å². The molecule has 0 unspecified atom stereocenters. The Morgan fingerprint density at radius 2 is 1.96 bits per heavy atom. The Bertz CT molecular complexity index is 639. The largest absolute Gasteiger partial charge is 0.355 e.